The van der Waals surface area contributed by atoms with E-state index in [1.54, 1.807) is 13.2 Å². The van der Waals surface area contributed by atoms with Gasteiger partial charge < -0.3 is 4.74 Å². The fourth-order valence-corrected chi connectivity index (χ4v) is 2.73. The number of rotatable bonds is 5. The summed E-state index contributed by atoms with van der Waals surface area (Å²) in [4.78, 5) is 0. The second kappa shape index (κ2) is 5.63. The smallest absolute Gasteiger partial charge is 0.127 e. The highest BCUT2D eigenvalue weighted by molar-refractivity contribution is 5.39. The van der Waals surface area contributed by atoms with Gasteiger partial charge in [-0.3, -0.25) is 0 Å². The van der Waals surface area contributed by atoms with Crippen LogP contribution in [0.4, 0.5) is 4.39 Å². The highest BCUT2D eigenvalue weighted by atomic mass is 19.1. The van der Waals surface area contributed by atoms with Crippen LogP contribution in [0.15, 0.2) is 12.1 Å². The number of hydrogen-bond acceptors (Lipinski definition) is 1. The zero-order chi connectivity index (χ0) is 12.3. The van der Waals surface area contributed by atoms with Gasteiger partial charge in [0.2, 0.25) is 0 Å². The number of halogens is 1. The first-order valence-corrected chi connectivity index (χ1v) is 6.52. The summed E-state index contributed by atoms with van der Waals surface area (Å²) >= 11 is 0. The second-order valence-corrected chi connectivity index (χ2v) is 5.04. The van der Waals surface area contributed by atoms with E-state index in [0.717, 1.165) is 49.8 Å². The van der Waals surface area contributed by atoms with Gasteiger partial charge in [-0.05, 0) is 60.8 Å². The minimum Gasteiger partial charge on any atom is -0.385 e. The fraction of sp³-hybridized carbons (Fsp3) is 0.600. The molecule has 1 atom stereocenters. The molecule has 94 valence electrons. The van der Waals surface area contributed by atoms with Crippen LogP contribution in [-0.2, 0) is 17.6 Å². The van der Waals surface area contributed by atoms with Crippen molar-refractivity contribution in [3.05, 3.63) is 34.6 Å². The summed E-state index contributed by atoms with van der Waals surface area (Å²) in [5, 5.41) is 0. The van der Waals surface area contributed by atoms with Crippen molar-refractivity contribution in [1.82, 2.24) is 0 Å². The summed E-state index contributed by atoms with van der Waals surface area (Å²) in [6.07, 6.45) is 5.22. The van der Waals surface area contributed by atoms with Gasteiger partial charge >= 0.3 is 0 Å². The molecule has 0 aromatic heterocycles. The molecule has 1 aromatic carbocycles. The Balaban J connectivity index is 2.03. The lowest BCUT2D eigenvalue weighted by molar-refractivity contribution is 0.193. The quantitative estimate of drug-likeness (QED) is 0.706. The van der Waals surface area contributed by atoms with Crippen LogP contribution in [0.5, 0.6) is 0 Å². The third kappa shape index (κ3) is 2.86. The molecule has 0 radical (unpaired) electrons. The Morgan fingerprint density at radius 2 is 2.18 bits per heavy atom. The van der Waals surface area contributed by atoms with Gasteiger partial charge in [0.1, 0.15) is 5.82 Å². The summed E-state index contributed by atoms with van der Waals surface area (Å²) in [7, 11) is 1.72. The molecule has 1 aliphatic carbocycles. The van der Waals surface area contributed by atoms with Gasteiger partial charge in [0.15, 0.2) is 0 Å². The van der Waals surface area contributed by atoms with Gasteiger partial charge in [0, 0.05) is 13.7 Å². The average molecular weight is 236 g/mol. The van der Waals surface area contributed by atoms with Crippen LogP contribution in [0, 0.1) is 5.82 Å². The van der Waals surface area contributed by atoms with Crippen molar-refractivity contribution in [2.24, 2.45) is 0 Å². The normalized spacial score (nSPS) is 18.4. The molecule has 0 amide bonds. The van der Waals surface area contributed by atoms with Gasteiger partial charge in [-0.25, -0.2) is 4.39 Å². The summed E-state index contributed by atoms with van der Waals surface area (Å²) in [6, 6.07) is 3.93. The first-order valence-electron chi connectivity index (χ1n) is 6.52. The van der Waals surface area contributed by atoms with Crippen LogP contribution >= 0.6 is 0 Å². The van der Waals surface area contributed by atoms with E-state index < -0.39 is 0 Å². The molecule has 0 heterocycles. The number of hydrogen-bond donors (Lipinski definition) is 0. The lowest BCUT2D eigenvalue weighted by atomic mass is 9.98. The minimum atomic E-state index is 0.00856. The molecule has 1 aliphatic rings. The third-order valence-corrected chi connectivity index (χ3v) is 3.68. The summed E-state index contributed by atoms with van der Waals surface area (Å²) in [5.74, 6) is 0.404. The molecule has 0 spiro atoms. The van der Waals surface area contributed by atoms with Crippen LogP contribution in [0.25, 0.3) is 0 Å². The maximum Gasteiger partial charge on any atom is 0.127 e. The summed E-state index contributed by atoms with van der Waals surface area (Å²) in [5.41, 5.74) is 3.34. The van der Waals surface area contributed by atoms with Crippen molar-refractivity contribution in [1.29, 1.82) is 0 Å². The molecule has 17 heavy (non-hydrogen) atoms. The molecule has 0 N–H and O–H groups in total. The topological polar surface area (TPSA) is 9.23 Å². The lowest BCUT2D eigenvalue weighted by Gasteiger charge is -2.09. The maximum absolute atomic E-state index is 14.0. The highest BCUT2D eigenvalue weighted by Crippen LogP contribution is 2.35. The molecule has 1 nitrogen and oxygen atoms in total. The Bertz CT molecular complexity index is 387. The number of fused-ring (bicyclic) bond motifs is 1. The highest BCUT2D eigenvalue weighted by Gasteiger charge is 2.22. The average Bonchev–Trinajstić information content (AvgIpc) is 2.67. The molecule has 2 rings (SSSR count). The van der Waals surface area contributed by atoms with Gasteiger partial charge in [-0.2, -0.15) is 0 Å². The zero-order valence-corrected chi connectivity index (χ0v) is 10.8. The number of aryl methyl sites for hydroxylation is 2. The third-order valence-electron chi connectivity index (χ3n) is 3.68. The molecule has 0 saturated heterocycles. The van der Waals surface area contributed by atoms with Gasteiger partial charge in [0.05, 0.1) is 0 Å². The number of unbranched alkanes of at least 4 members (excludes halogenated alkanes) is 1. The molecule has 0 bridgehead atoms. The van der Waals surface area contributed by atoms with Crippen LogP contribution < -0.4 is 0 Å². The Labute approximate surface area is 103 Å². The zero-order valence-electron chi connectivity index (χ0n) is 10.8. The summed E-state index contributed by atoms with van der Waals surface area (Å²) < 4.78 is 19.0. The van der Waals surface area contributed by atoms with E-state index in [1.807, 2.05) is 0 Å². The van der Waals surface area contributed by atoms with Crippen molar-refractivity contribution in [3.63, 3.8) is 0 Å². The number of methoxy groups -OCH3 is 1. The minimum absolute atomic E-state index is 0.00856. The van der Waals surface area contributed by atoms with Gasteiger partial charge in [0.25, 0.3) is 0 Å². The first kappa shape index (κ1) is 12.6. The lowest BCUT2D eigenvalue weighted by Crippen LogP contribution is -1.97. The van der Waals surface area contributed by atoms with E-state index in [2.05, 4.69) is 13.0 Å². The SMILES string of the molecule is COCCCCc1cc(F)c2c(c1)CCC2C. The van der Waals surface area contributed by atoms with E-state index in [1.165, 1.54) is 5.56 Å². The Morgan fingerprint density at radius 1 is 1.35 bits per heavy atom. The standard InChI is InChI=1S/C15H21FO/c1-11-6-7-13-9-12(5-3-4-8-17-2)10-14(16)15(11)13/h9-11H,3-8H2,1-2H3. The monoisotopic (exact) mass is 236 g/mol. The molecular formula is C15H21FO. The van der Waals surface area contributed by atoms with E-state index in [9.17, 15) is 4.39 Å². The molecule has 0 fully saturated rings. The molecular weight excluding hydrogens is 215 g/mol. The van der Waals surface area contributed by atoms with Crippen LogP contribution in [0.2, 0.25) is 0 Å². The van der Waals surface area contributed by atoms with Gasteiger partial charge in [-0.1, -0.05) is 13.0 Å². The molecule has 1 aromatic rings. The van der Waals surface area contributed by atoms with Crippen molar-refractivity contribution < 1.29 is 9.13 Å². The first-order chi connectivity index (χ1) is 8.22. The Morgan fingerprint density at radius 3 is 2.94 bits per heavy atom. The molecule has 2 heteroatoms. The predicted octanol–water partition coefficient (Wildman–Crippen LogP) is 3.84. The Kier molecular flexibility index (Phi) is 4.16. The van der Waals surface area contributed by atoms with Gasteiger partial charge in [-0.15, -0.1) is 0 Å². The van der Waals surface area contributed by atoms with Crippen molar-refractivity contribution in [3.8, 4) is 0 Å². The van der Waals surface area contributed by atoms with Crippen LogP contribution in [-0.4, -0.2) is 13.7 Å². The van der Waals surface area contributed by atoms with Crippen LogP contribution in [0.3, 0.4) is 0 Å². The maximum atomic E-state index is 14.0. The Hall–Kier alpha value is -0.890. The summed E-state index contributed by atoms with van der Waals surface area (Å²) in [6.45, 7) is 2.91. The van der Waals surface area contributed by atoms with E-state index in [-0.39, 0.29) is 5.82 Å². The molecule has 0 aliphatic heterocycles. The number of ether oxygens (including phenoxy) is 1. The molecule has 0 saturated carbocycles. The van der Waals surface area contributed by atoms with E-state index in [0.29, 0.717) is 5.92 Å². The van der Waals surface area contributed by atoms with Crippen molar-refractivity contribution in [2.75, 3.05) is 13.7 Å². The van der Waals surface area contributed by atoms with E-state index >= 15 is 0 Å². The molecule has 1 unspecified atom stereocenters. The fourth-order valence-electron chi connectivity index (χ4n) is 2.73. The van der Waals surface area contributed by atoms with Crippen molar-refractivity contribution in [2.45, 2.75) is 44.9 Å². The van der Waals surface area contributed by atoms with Crippen LogP contribution in [0.1, 0.15) is 48.8 Å². The number of benzene rings is 1. The predicted molar refractivity (Wildman–Crippen MR) is 68.0 cm³/mol. The largest absolute Gasteiger partial charge is 0.385 e. The van der Waals surface area contributed by atoms with Crippen molar-refractivity contribution >= 4 is 0 Å². The second-order valence-electron chi connectivity index (χ2n) is 5.04. The van der Waals surface area contributed by atoms with E-state index in [4.69, 9.17) is 4.74 Å².